The molecule has 0 saturated carbocycles. The lowest BCUT2D eigenvalue weighted by molar-refractivity contribution is 0.0921. The van der Waals surface area contributed by atoms with E-state index in [-0.39, 0.29) is 23.8 Å². The average Bonchev–Trinajstić information content (AvgIpc) is 2.18. The van der Waals surface area contributed by atoms with E-state index in [1.54, 1.807) is 6.92 Å². The Labute approximate surface area is 86.1 Å². The molecule has 0 bridgehead atoms. The topological polar surface area (TPSA) is 75.1 Å². The van der Waals surface area contributed by atoms with Crippen molar-refractivity contribution in [3.05, 3.63) is 23.2 Å². The first-order valence-electron chi connectivity index (χ1n) is 4.02. The highest BCUT2D eigenvalue weighted by molar-refractivity contribution is 6.28. The molecule has 0 aromatic carbocycles. The molecule has 0 unspecified atom stereocenters. The molecular weight excluding hydrogens is 206 g/mol. The third-order valence-corrected chi connectivity index (χ3v) is 1.73. The molecule has 6 heteroatoms. The molecule has 5 nitrogen and oxygen atoms in total. The third-order valence-electron chi connectivity index (χ3n) is 1.53. The molecule has 0 radical (unpaired) electrons. The van der Waals surface area contributed by atoms with Crippen LogP contribution in [-0.4, -0.2) is 33.6 Å². The van der Waals surface area contributed by atoms with Crippen LogP contribution in [0.1, 0.15) is 17.3 Å². The van der Waals surface area contributed by atoms with Gasteiger partial charge >= 0.3 is 0 Å². The van der Waals surface area contributed by atoms with Crippen molar-refractivity contribution in [3.63, 3.8) is 0 Å². The van der Waals surface area contributed by atoms with Crippen LogP contribution in [-0.2, 0) is 0 Å². The highest BCUT2D eigenvalue weighted by Gasteiger charge is 2.09. The van der Waals surface area contributed by atoms with Gasteiger partial charge in [-0.25, -0.2) is 9.97 Å². The molecule has 14 heavy (non-hydrogen) atoms. The number of nitrogens with zero attached hydrogens (tertiary/aromatic N) is 2. The minimum absolute atomic E-state index is 0.0942. The number of rotatable bonds is 3. The van der Waals surface area contributed by atoms with E-state index in [9.17, 15) is 4.79 Å². The molecule has 76 valence electrons. The lowest BCUT2D eigenvalue weighted by Crippen LogP contribution is -2.35. The van der Waals surface area contributed by atoms with Crippen LogP contribution >= 0.6 is 11.6 Å². The predicted octanol–water partition coefficient (Wildman–Crippen LogP) is 0.241. The highest BCUT2D eigenvalue weighted by Crippen LogP contribution is 2.00. The zero-order valence-corrected chi connectivity index (χ0v) is 8.32. The van der Waals surface area contributed by atoms with Crippen molar-refractivity contribution in [2.45, 2.75) is 13.0 Å². The molecule has 0 aliphatic rings. The van der Waals surface area contributed by atoms with Gasteiger partial charge in [0.15, 0.2) is 0 Å². The van der Waals surface area contributed by atoms with Crippen molar-refractivity contribution < 1.29 is 9.90 Å². The van der Waals surface area contributed by atoms with Gasteiger partial charge in [0.25, 0.3) is 5.91 Å². The number of aromatic nitrogens is 2. The molecule has 0 saturated heterocycles. The van der Waals surface area contributed by atoms with Gasteiger partial charge in [0.1, 0.15) is 0 Å². The van der Waals surface area contributed by atoms with Crippen LogP contribution < -0.4 is 5.32 Å². The summed E-state index contributed by atoms with van der Waals surface area (Å²) in [6.45, 7) is 1.58. The summed E-state index contributed by atoms with van der Waals surface area (Å²) in [5.41, 5.74) is 0.315. The Bertz CT molecular complexity index is 315. The molecule has 0 fully saturated rings. The minimum atomic E-state index is -0.330. The zero-order valence-electron chi connectivity index (χ0n) is 7.57. The molecule has 0 aliphatic heterocycles. The molecule has 2 N–H and O–H groups in total. The van der Waals surface area contributed by atoms with E-state index in [1.807, 2.05) is 0 Å². The van der Waals surface area contributed by atoms with Crippen LogP contribution in [0, 0.1) is 0 Å². The van der Waals surface area contributed by atoms with Crippen LogP contribution in [0.4, 0.5) is 0 Å². The van der Waals surface area contributed by atoms with Crippen LogP contribution in [0.25, 0.3) is 0 Å². The van der Waals surface area contributed by atoms with Gasteiger partial charge in [0.05, 0.1) is 12.2 Å². The van der Waals surface area contributed by atoms with E-state index in [0.717, 1.165) is 0 Å². The Morgan fingerprint density at radius 2 is 2.21 bits per heavy atom. The normalized spacial score (nSPS) is 12.2. The van der Waals surface area contributed by atoms with Crippen molar-refractivity contribution in [2.75, 3.05) is 6.61 Å². The fraction of sp³-hybridized carbons (Fsp3) is 0.375. The van der Waals surface area contributed by atoms with Crippen molar-refractivity contribution >= 4 is 17.5 Å². The summed E-state index contributed by atoms with van der Waals surface area (Å²) in [7, 11) is 0. The van der Waals surface area contributed by atoms with Crippen molar-refractivity contribution in [1.82, 2.24) is 15.3 Å². The van der Waals surface area contributed by atoms with Gasteiger partial charge in [-0.05, 0) is 18.5 Å². The zero-order chi connectivity index (χ0) is 10.6. The van der Waals surface area contributed by atoms with E-state index >= 15 is 0 Å². The number of carbonyl (C=O) groups is 1. The summed E-state index contributed by atoms with van der Waals surface area (Å²) < 4.78 is 0. The molecule has 0 aliphatic carbocycles. The summed E-state index contributed by atoms with van der Waals surface area (Å²) in [6, 6.07) is -0.293. The Kier molecular flexibility index (Phi) is 3.79. The summed E-state index contributed by atoms with van der Waals surface area (Å²) >= 11 is 5.46. The average molecular weight is 216 g/mol. The monoisotopic (exact) mass is 215 g/mol. The lowest BCUT2D eigenvalue weighted by Gasteiger charge is -2.09. The number of hydrogen-bond donors (Lipinski definition) is 2. The molecule has 1 atom stereocenters. The second kappa shape index (κ2) is 4.88. The van der Waals surface area contributed by atoms with E-state index in [2.05, 4.69) is 15.3 Å². The van der Waals surface area contributed by atoms with Crippen LogP contribution in [0.15, 0.2) is 12.4 Å². The van der Waals surface area contributed by atoms with Crippen LogP contribution in [0.5, 0.6) is 0 Å². The molecule has 1 rings (SSSR count). The smallest absolute Gasteiger partial charge is 0.254 e. The fourth-order valence-electron chi connectivity index (χ4n) is 0.782. The SMILES string of the molecule is C[C@H](CO)NC(=O)c1cnc(Cl)nc1. The number of aliphatic hydroxyl groups is 1. The van der Waals surface area contributed by atoms with E-state index in [0.29, 0.717) is 5.56 Å². The Morgan fingerprint density at radius 3 is 2.71 bits per heavy atom. The molecule has 1 amide bonds. The minimum Gasteiger partial charge on any atom is -0.394 e. The van der Waals surface area contributed by atoms with E-state index in [1.165, 1.54) is 12.4 Å². The van der Waals surface area contributed by atoms with Crippen molar-refractivity contribution in [2.24, 2.45) is 0 Å². The summed E-state index contributed by atoms with van der Waals surface area (Å²) in [6.07, 6.45) is 2.66. The fourth-order valence-corrected chi connectivity index (χ4v) is 0.880. The summed E-state index contributed by atoms with van der Waals surface area (Å²) in [4.78, 5) is 18.7. The number of hydrogen-bond acceptors (Lipinski definition) is 4. The second-order valence-corrected chi connectivity index (χ2v) is 3.14. The van der Waals surface area contributed by atoms with Gasteiger partial charge in [0.2, 0.25) is 5.28 Å². The van der Waals surface area contributed by atoms with E-state index in [4.69, 9.17) is 16.7 Å². The largest absolute Gasteiger partial charge is 0.394 e. The number of aliphatic hydroxyl groups excluding tert-OH is 1. The molecule has 1 aromatic rings. The summed E-state index contributed by atoms with van der Waals surface area (Å²) in [5.74, 6) is -0.330. The molecular formula is C8H10ClN3O2. The van der Waals surface area contributed by atoms with Gasteiger partial charge < -0.3 is 10.4 Å². The molecule has 1 aromatic heterocycles. The summed E-state index contributed by atoms with van der Waals surface area (Å²) in [5, 5.41) is 11.4. The maximum Gasteiger partial charge on any atom is 0.254 e. The first-order valence-corrected chi connectivity index (χ1v) is 4.40. The standard InChI is InChI=1S/C8H10ClN3O2/c1-5(4-13)12-7(14)6-2-10-8(9)11-3-6/h2-3,5,13H,4H2,1H3,(H,12,14)/t5-/m1/s1. The maximum absolute atomic E-state index is 11.4. The number of amides is 1. The molecule has 0 spiro atoms. The first-order chi connectivity index (χ1) is 6.63. The number of nitrogens with one attached hydrogen (secondary N) is 1. The van der Waals surface area contributed by atoms with Crippen molar-refractivity contribution in [1.29, 1.82) is 0 Å². The molecule has 1 heterocycles. The predicted molar refractivity (Wildman–Crippen MR) is 51.1 cm³/mol. The maximum atomic E-state index is 11.4. The Hall–Kier alpha value is -1.20. The van der Waals surface area contributed by atoms with Gasteiger partial charge in [-0.3, -0.25) is 4.79 Å². The first kappa shape index (κ1) is 10.9. The van der Waals surface area contributed by atoms with E-state index < -0.39 is 0 Å². The second-order valence-electron chi connectivity index (χ2n) is 2.80. The third kappa shape index (κ3) is 2.93. The van der Waals surface area contributed by atoms with Gasteiger partial charge in [-0.15, -0.1) is 0 Å². The quantitative estimate of drug-likeness (QED) is 0.709. The van der Waals surface area contributed by atoms with Crippen LogP contribution in [0.3, 0.4) is 0 Å². The number of carbonyl (C=O) groups excluding carboxylic acids is 1. The van der Waals surface area contributed by atoms with Crippen molar-refractivity contribution in [3.8, 4) is 0 Å². The van der Waals surface area contributed by atoms with Crippen LogP contribution in [0.2, 0.25) is 5.28 Å². The van der Waals surface area contributed by atoms with Gasteiger partial charge in [-0.2, -0.15) is 0 Å². The van der Waals surface area contributed by atoms with Gasteiger partial charge in [-0.1, -0.05) is 0 Å². The Balaban J connectivity index is 2.65. The number of halogens is 1. The lowest BCUT2D eigenvalue weighted by atomic mass is 10.3. The highest BCUT2D eigenvalue weighted by atomic mass is 35.5. The van der Waals surface area contributed by atoms with Gasteiger partial charge in [0, 0.05) is 18.4 Å². The Morgan fingerprint density at radius 1 is 1.64 bits per heavy atom.